The van der Waals surface area contributed by atoms with Crippen molar-refractivity contribution in [2.24, 2.45) is 0 Å². The van der Waals surface area contributed by atoms with E-state index in [1.807, 2.05) is 48.5 Å². The first-order valence-electron chi connectivity index (χ1n) is 39.6. The number of aromatic nitrogens is 4. The third-order valence-electron chi connectivity index (χ3n) is 24.6. The number of hydrogen-bond donors (Lipinski definition) is 0. The Morgan fingerprint density at radius 2 is 0.440 bits per heavy atom. The predicted molar refractivity (Wildman–Crippen MR) is 469 cm³/mol. The van der Waals surface area contributed by atoms with Crippen LogP contribution in [0.15, 0.2) is 409 Å². The van der Waals surface area contributed by atoms with Crippen LogP contribution in [0, 0.1) is 0 Å². The van der Waals surface area contributed by atoms with Crippen LogP contribution >= 0.6 is 0 Å². The van der Waals surface area contributed by atoms with E-state index in [1.54, 1.807) is 0 Å². The monoisotopic (exact) mass is 1480 g/mol. The Bertz CT molecular complexity index is 6760. The molecule has 540 valence electrons. The maximum Gasteiger partial charge on any atom is 0.227 e. The molecule has 24 rings (SSSR count). The molecule has 20 aromatic rings. The Hall–Kier alpha value is -15.4. The second kappa shape index (κ2) is 25.6. The van der Waals surface area contributed by atoms with Gasteiger partial charge in [-0.25, -0.2) is 19.9 Å². The summed E-state index contributed by atoms with van der Waals surface area (Å²) in [4.78, 5) is 26.8. The predicted octanol–water partition coefficient (Wildman–Crippen LogP) is 27.5. The largest absolute Gasteiger partial charge is 0.436 e. The molecule has 3 aromatic heterocycles. The van der Waals surface area contributed by atoms with Crippen LogP contribution in [0.3, 0.4) is 0 Å². The molecule has 0 radical (unpaired) electrons. The van der Waals surface area contributed by atoms with Crippen molar-refractivity contribution in [3.05, 3.63) is 445 Å². The van der Waals surface area contributed by atoms with Crippen LogP contribution in [0.1, 0.15) is 44.5 Å². The van der Waals surface area contributed by atoms with Gasteiger partial charge in [-0.3, -0.25) is 0 Å². The molecular formula is C108H66N6O2. The van der Waals surface area contributed by atoms with Crippen molar-refractivity contribution >= 4 is 67.4 Å². The van der Waals surface area contributed by atoms with Crippen molar-refractivity contribution in [3.63, 3.8) is 0 Å². The number of anilines is 6. The second-order valence-corrected chi connectivity index (χ2v) is 30.6. The minimum atomic E-state index is -0.577. The van der Waals surface area contributed by atoms with Crippen LogP contribution < -0.4 is 9.80 Å². The summed E-state index contributed by atoms with van der Waals surface area (Å²) in [6, 6.07) is 145. The van der Waals surface area contributed by atoms with Crippen molar-refractivity contribution in [2.45, 2.75) is 10.8 Å². The lowest BCUT2D eigenvalue weighted by molar-refractivity contribution is 0.619. The zero-order valence-electron chi connectivity index (χ0n) is 62.6. The third-order valence-corrected chi connectivity index (χ3v) is 24.6. The topological polar surface area (TPSA) is 84.3 Å². The SMILES string of the molecule is c1ccc(N(c2ccc(-c3nc4ccccc4o3)cc2)c2ccc(-c3nc4c(-c5ccc6c(c5)C5(c7ccccc7-c7ccccc75)c5ccccc5-6)ccc(-c5ccc6c(c5)C5(c7ccccc7-c7ccccc75)c5ccccc5-6)c4nc3-c3ccc(N(c4ccccc4)c4ccc(-c5nc6ccccc6o5)cc4)cc3)cc2)cc1. The van der Waals surface area contributed by atoms with E-state index in [4.69, 9.17) is 28.8 Å². The smallest absolute Gasteiger partial charge is 0.227 e. The molecule has 0 fully saturated rings. The van der Waals surface area contributed by atoms with Crippen LogP contribution in [-0.2, 0) is 10.8 Å². The Kier molecular flexibility index (Phi) is 14.4. The number of nitrogens with zero attached hydrogens (tertiary/aromatic N) is 6. The van der Waals surface area contributed by atoms with E-state index in [2.05, 4.69) is 362 Å². The first kappa shape index (κ1) is 65.3. The molecule has 0 atom stereocenters. The van der Waals surface area contributed by atoms with Gasteiger partial charge in [0.25, 0.3) is 0 Å². The van der Waals surface area contributed by atoms with Crippen LogP contribution in [0.2, 0.25) is 0 Å². The van der Waals surface area contributed by atoms with Gasteiger partial charge in [-0.1, -0.05) is 267 Å². The number of rotatable bonds is 12. The first-order chi connectivity index (χ1) is 57.5. The molecule has 8 heteroatoms. The summed E-state index contributed by atoms with van der Waals surface area (Å²) in [7, 11) is 0. The van der Waals surface area contributed by atoms with E-state index in [0.29, 0.717) is 11.8 Å². The summed E-state index contributed by atoms with van der Waals surface area (Å²) >= 11 is 0. The number of para-hydroxylation sites is 6. The average Bonchev–Trinajstić information content (AvgIpc) is 1.51. The van der Waals surface area contributed by atoms with Gasteiger partial charge in [0.15, 0.2) is 11.2 Å². The van der Waals surface area contributed by atoms with E-state index in [-0.39, 0.29) is 0 Å². The van der Waals surface area contributed by atoms with Crippen LogP contribution in [0.25, 0.3) is 145 Å². The van der Waals surface area contributed by atoms with Gasteiger partial charge >= 0.3 is 0 Å². The van der Waals surface area contributed by atoms with E-state index < -0.39 is 10.8 Å². The average molecular weight is 1480 g/mol. The molecule has 0 aliphatic heterocycles. The lowest BCUT2D eigenvalue weighted by Crippen LogP contribution is -2.25. The van der Waals surface area contributed by atoms with E-state index in [9.17, 15) is 0 Å². The molecule has 4 aliphatic carbocycles. The highest BCUT2D eigenvalue weighted by molar-refractivity contribution is 6.06. The summed E-state index contributed by atoms with van der Waals surface area (Å²) in [6.45, 7) is 0. The number of oxazole rings is 2. The molecule has 0 amide bonds. The highest BCUT2D eigenvalue weighted by Crippen LogP contribution is 2.65. The molecule has 0 bridgehead atoms. The van der Waals surface area contributed by atoms with Gasteiger partial charge in [0, 0.05) is 67.5 Å². The van der Waals surface area contributed by atoms with Gasteiger partial charge < -0.3 is 18.6 Å². The maximum atomic E-state index is 6.28. The summed E-state index contributed by atoms with van der Waals surface area (Å²) in [5.74, 6) is 1.15. The lowest BCUT2D eigenvalue weighted by Gasteiger charge is -2.31. The van der Waals surface area contributed by atoms with Gasteiger partial charge in [-0.05, 0) is 234 Å². The second-order valence-electron chi connectivity index (χ2n) is 30.6. The lowest BCUT2D eigenvalue weighted by atomic mass is 9.70. The van der Waals surface area contributed by atoms with Gasteiger partial charge in [0.1, 0.15) is 11.0 Å². The van der Waals surface area contributed by atoms with Crippen molar-refractivity contribution in [3.8, 4) is 112 Å². The summed E-state index contributed by atoms with van der Waals surface area (Å²) in [5, 5.41) is 0. The molecule has 0 unspecified atom stereocenters. The molecule has 17 aromatic carbocycles. The molecule has 0 saturated carbocycles. The van der Waals surface area contributed by atoms with Gasteiger partial charge in [-0.2, -0.15) is 0 Å². The van der Waals surface area contributed by atoms with E-state index in [1.165, 1.54) is 89.0 Å². The van der Waals surface area contributed by atoms with Gasteiger partial charge in [0.2, 0.25) is 11.8 Å². The molecule has 3 heterocycles. The zero-order valence-corrected chi connectivity index (χ0v) is 62.6. The highest BCUT2D eigenvalue weighted by atomic mass is 16.4. The normalized spacial score (nSPS) is 13.1. The fourth-order valence-electron chi connectivity index (χ4n) is 19.6. The highest BCUT2D eigenvalue weighted by Gasteiger charge is 2.53. The molecule has 116 heavy (non-hydrogen) atoms. The van der Waals surface area contributed by atoms with Crippen molar-refractivity contribution < 1.29 is 8.83 Å². The van der Waals surface area contributed by atoms with Gasteiger partial charge in [0.05, 0.1) is 33.3 Å². The fraction of sp³-hybridized carbons (Fsp3) is 0.0185. The molecular weight excluding hydrogens is 1410 g/mol. The molecule has 0 saturated heterocycles. The van der Waals surface area contributed by atoms with Crippen molar-refractivity contribution in [2.75, 3.05) is 9.80 Å². The van der Waals surface area contributed by atoms with Crippen LogP contribution in [0.5, 0.6) is 0 Å². The first-order valence-corrected chi connectivity index (χ1v) is 39.6. The van der Waals surface area contributed by atoms with E-state index in [0.717, 1.165) is 123 Å². The fourth-order valence-corrected chi connectivity index (χ4v) is 19.6. The minimum Gasteiger partial charge on any atom is -0.436 e. The maximum absolute atomic E-state index is 6.28. The Labute approximate surface area is 669 Å². The Morgan fingerprint density at radius 3 is 0.759 bits per heavy atom. The van der Waals surface area contributed by atoms with E-state index >= 15 is 0 Å². The van der Waals surface area contributed by atoms with Crippen LogP contribution in [0.4, 0.5) is 34.1 Å². The molecule has 2 spiro atoms. The quantitative estimate of drug-likeness (QED) is 0.120. The summed E-state index contributed by atoms with van der Waals surface area (Å²) < 4.78 is 12.6. The standard InChI is InChI=1S/C108H66N6O2/c1-3-23-73(24-4-1)113(77-57-47-69(48-58-77)105-109-97-39-19-21-41-99(97)115-105)75-53-43-67(44-54-75)101-102(68-45-55-76(56-46-68)114(74-25-5-2-6-26-74)78-59-49-70(50-60-78)106-110-98-40-20-22-42-100(98)116-106)112-104-80(72-52-62-88-86-32-12-18-38-94(86)108(96(88)66-72)91-35-15-9-29-83(91)84-30-10-16-36-92(84)108)64-63-79(103(104)111-101)71-51-61-87-85-31-11-17-37-93(85)107(95(87)65-71)89-33-13-7-27-81(89)82-28-8-14-34-90(82)107/h1-66H. The van der Waals surface area contributed by atoms with Crippen LogP contribution in [-0.4, -0.2) is 19.9 Å². The summed E-state index contributed by atoms with van der Waals surface area (Å²) in [6.07, 6.45) is 0. The Balaban J connectivity index is 0.727. The third kappa shape index (κ3) is 9.68. The number of fused-ring (bicyclic) bond motifs is 23. The van der Waals surface area contributed by atoms with Gasteiger partial charge in [-0.15, -0.1) is 0 Å². The molecule has 8 nitrogen and oxygen atoms in total. The van der Waals surface area contributed by atoms with Crippen molar-refractivity contribution in [1.82, 2.24) is 19.9 Å². The number of hydrogen-bond acceptors (Lipinski definition) is 8. The number of benzene rings is 17. The summed E-state index contributed by atoms with van der Waals surface area (Å²) in [5.41, 5.74) is 38.8. The van der Waals surface area contributed by atoms with Crippen molar-refractivity contribution in [1.29, 1.82) is 0 Å². The Morgan fingerprint density at radius 1 is 0.190 bits per heavy atom. The molecule has 4 aliphatic rings. The molecule has 0 N–H and O–H groups in total. The minimum absolute atomic E-state index is 0.575. The zero-order chi connectivity index (χ0) is 76.2.